The number of fused-ring (bicyclic) bond motifs is 1. The number of benzene rings is 2. The summed E-state index contributed by atoms with van der Waals surface area (Å²) in [5, 5.41) is 2.82. The minimum Gasteiger partial charge on any atom is -0.435 e. The smallest absolute Gasteiger partial charge is 0.387 e. The Hall–Kier alpha value is -2.52. The number of alkyl halides is 2. The highest BCUT2D eigenvalue weighted by Crippen LogP contribution is 2.28. The van der Waals surface area contributed by atoms with Crippen LogP contribution in [0, 0.1) is 5.92 Å². The number of amides is 1. The van der Waals surface area contributed by atoms with Crippen LogP contribution in [0.15, 0.2) is 47.4 Å². The Balaban J connectivity index is 1.31. The van der Waals surface area contributed by atoms with Gasteiger partial charge in [0.2, 0.25) is 15.9 Å². The number of sulfonamides is 1. The summed E-state index contributed by atoms with van der Waals surface area (Å²) in [7, 11) is -3.59. The van der Waals surface area contributed by atoms with Crippen molar-refractivity contribution in [3.63, 3.8) is 0 Å². The first-order valence-corrected chi connectivity index (χ1v) is 12.7. The van der Waals surface area contributed by atoms with E-state index < -0.39 is 16.6 Å². The summed E-state index contributed by atoms with van der Waals surface area (Å²) in [5.74, 6) is -0.418. The first-order chi connectivity index (χ1) is 15.8. The lowest BCUT2D eigenvalue weighted by Crippen LogP contribution is -2.42. The van der Waals surface area contributed by atoms with Gasteiger partial charge in [-0.3, -0.25) is 4.79 Å². The van der Waals surface area contributed by atoms with Crippen LogP contribution in [-0.2, 0) is 34.2 Å². The van der Waals surface area contributed by atoms with Gasteiger partial charge >= 0.3 is 6.61 Å². The fourth-order valence-corrected chi connectivity index (χ4v) is 6.06. The van der Waals surface area contributed by atoms with Crippen molar-refractivity contribution in [1.29, 1.82) is 0 Å². The minimum atomic E-state index is -3.59. The Morgan fingerprint density at radius 1 is 1.06 bits per heavy atom. The van der Waals surface area contributed by atoms with Gasteiger partial charge in [0.1, 0.15) is 5.75 Å². The number of nitrogens with one attached hydrogen (secondary N) is 1. The Labute approximate surface area is 193 Å². The fourth-order valence-electron chi connectivity index (χ4n) is 4.54. The third-order valence-electron chi connectivity index (χ3n) is 6.37. The predicted octanol–water partition coefficient (Wildman–Crippen LogP) is 3.88. The average molecular weight is 479 g/mol. The number of aryl methyl sites for hydroxylation is 2. The molecule has 2 aromatic rings. The predicted molar refractivity (Wildman–Crippen MR) is 119 cm³/mol. The summed E-state index contributed by atoms with van der Waals surface area (Å²) < 4.78 is 56.8. The first-order valence-electron chi connectivity index (χ1n) is 11.3. The number of hydrogen-bond acceptors (Lipinski definition) is 4. The maximum Gasteiger partial charge on any atom is 0.387 e. The van der Waals surface area contributed by atoms with Crippen LogP contribution in [0.3, 0.4) is 0 Å². The van der Waals surface area contributed by atoms with Gasteiger partial charge < -0.3 is 10.1 Å². The van der Waals surface area contributed by atoms with E-state index in [0.717, 1.165) is 31.2 Å². The molecule has 0 bridgehead atoms. The van der Waals surface area contributed by atoms with Gasteiger partial charge in [-0.15, -0.1) is 0 Å². The minimum absolute atomic E-state index is 0.0393. The molecule has 0 unspecified atom stereocenters. The molecule has 4 rings (SSSR count). The van der Waals surface area contributed by atoms with Gasteiger partial charge in [0.05, 0.1) is 4.90 Å². The largest absolute Gasteiger partial charge is 0.435 e. The summed E-state index contributed by atoms with van der Waals surface area (Å²) in [5.41, 5.74) is 3.01. The third-order valence-corrected chi connectivity index (χ3v) is 8.27. The van der Waals surface area contributed by atoms with Crippen molar-refractivity contribution in [3.8, 4) is 5.75 Å². The van der Waals surface area contributed by atoms with Crippen LogP contribution in [0.5, 0.6) is 5.75 Å². The molecule has 0 spiro atoms. The molecule has 1 fully saturated rings. The van der Waals surface area contributed by atoms with Crippen LogP contribution in [0.4, 0.5) is 8.78 Å². The second-order valence-corrected chi connectivity index (χ2v) is 10.5. The van der Waals surface area contributed by atoms with Crippen LogP contribution in [0.2, 0.25) is 0 Å². The molecule has 1 N–H and O–H groups in total. The van der Waals surface area contributed by atoms with Crippen molar-refractivity contribution < 1.29 is 26.7 Å². The number of carbonyl (C=O) groups excluding carboxylic acids is 1. The summed E-state index contributed by atoms with van der Waals surface area (Å²) in [6.07, 6.45) is 5.01. The fraction of sp³-hybridized carbons (Fsp3) is 0.458. The number of hydrogen-bond donors (Lipinski definition) is 1. The van der Waals surface area contributed by atoms with E-state index in [1.807, 2.05) is 12.1 Å². The molecule has 178 valence electrons. The maximum atomic E-state index is 13.1. The van der Waals surface area contributed by atoms with Gasteiger partial charge in [-0.25, -0.2) is 8.42 Å². The van der Waals surface area contributed by atoms with Crippen LogP contribution in [0.25, 0.3) is 0 Å². The topological polar surface area (TPSA) is 75.7 Å². The Bertz CT molecular complexity index is 1100. The van der Waals surface area contributed by atoms with Gasteiger partial charge in [0, 0.05) is 25.6 Å². The maximum absolute atomic E-state index is 13.1. The molecular weight excluding hydrogens is 450 g/mol. The molecule has 1 aliphatic heterocycles. The van der Waals surface area contributed by atoms with Gasteiger partial charge in [-0.1, -0.05) is 18.2 Å². The Kier molecular flexibility index (Phi) is 7.29. The number of ether oxygens (including phenoxy) is 1. The zero-order chi connectivity index (χ0) is 23.4. The van der Waals surface area contributed by atoms with Gasteiger partial charge in [0.25, 0.3) is 0 Å². The first kappa shape index (κ1) is 23.6. The lowest BCUT2D eigenvalue weighted by Gasteiger charge is -2.31. The van der Waals surface area contributed by atoms with Crippen molar-refractivity contribution in [1.82, 2.24) is 9.62 Å². The van der Waals surface area contributed by atoms with Gasteiger partial charge in [0.15, 0.2) is 0 Å². The van der Waals surface area contributed by atoms with E-state index in [1.165, 1.54) is 22.0 Å². The molecule has 1 heterocycles. The van der Waals surface area contributed by atoms with E-state index in [1.54, 1.807) is 18.2 Å². The number of carbonyl (C=O) groups is 1. The second kappa shape index (κ2) is 10.2. The Morgan fingerprint density at radius 3 is 2.52 bits per heavy atom. The summed E-state index contributed by atoms with van der Waals surface area (Å²) in [6.45, 7) is -2.14. The molecule has 1 saturated heterocycles. The summed E-state index contributed by atoms with van der Waals surface area (Å²) in [6, 6.07) is 11.6. The zero-order valence-electron chi connectivity index (χ0n) is 18.3. The third kappa shape index (κ3) is 5.70. The number of nitrogens with zero attached hydrogens (tertiary/aromatic N) is 1. The number of halogens is 2. The molecule has 1 amide bonds. The molecule has 33 heavy (non-hydrogen) atoms. The summed E-state index contributed by atoms with van der Waals surface area (Å²) >= 11 is 0. The van der Waals surface area contributed by atoms with E-state index in [0.29, 0.717) is 23.3 Å². The van der Waals surface area contributed by atoms with E-state index in [9.17, 15) is 22.0 Å². The zero-order valence-corrected chi connectivity index (χ0v) is 19.1. The van der Waals surface area contributed by atoms with E-state index in [-0.39, 0.29) is 37.2 Å². The highest BCUT2D eigenvalue weighted by Gasteiger charge is 2.32. The standard InChI is InChI=1S/C24H28F2N2O4S/c25-24(26)32-21-7-3-4-17(14-21)16-27-23(29)19-10-12-28(13-11-19)33(30,31)22-9-8-18-5-1-2-6-20(18)15-22/h3-4,7-9,14-15,19,24H,1-2,5-6,10-13,16H2,(H,27,29). The molecule has 0 atom stereocenters. The summed E-state index contributed by atoms with van der Waals surface area (Å²) in [4.78, 5) is 12.9. The SMILES string of the molecule is O=C(NCc1cccc(OC(F)F)c1)C1CCN(S(=O)(=O)c2ccc3c(c2)CCCC3)CC1. The van der Waals surface area contributed by atoms with Crippen molar-refractivity contribution >= 4 is 15.9 Å². The van der Waals surface area contributed by atoms with Gasteiger partial charge in [-0.2, -0.15) is 13.1 Å². The van der Waals surface area contributed by atoms with Crippen LogP contribution in [0.1, 0.15) is 42.4 Å². The average Bonchev–Trinajstić information content (AvgIpc) is 2.82. The van der Waals surface area contributed by atoms with Crippen molar-refractivity contribution in [2.75, 3.05) is 13.1 Å². The van der Waals surface area contributed by atoms with Crippen molar-refractivity contribution in [2.45, 2.75) is 56.6 Å². The van der Waals surface area contributed by atoms with E-state index in [4.69, 9.17) is 0 Å². The molecule has 6 nitrogen and oxygen atoms in total. The normalized spacial score (nSPS) is 17.5. The number of rotatable bonds is 7. The second-order valence-electron chi connectivity index (χ2n) is 8.56. The molecule has 2 aliphatic rings. The Morgan fingerprint density at radius 2 is 1.79 bits per heavy atom. The monoisotopic (exact) mass is 478 g/mol. The van der Waals surface area contributed by atoms with Gasteiger partial charge in [-0.05, 0) is 79.5 Å². The highest BCUT2D eigenvalue weighted by molar-refractivity contribution is 7.89. The van der Waals surface area contributed by atoms with Crippen molar-refractivity contribution in [3.05, 3.63) is 59.2 Å². The molecular formula is C24H28F2N2O4S. The number of piperidine rings is 1. The lowest BCUT2D eigenvalue weighted by atomic mass is 9.92. The molecule has 1 aliphatic carbocycles. The van der Waals surface area contributed by atoms with Crippen molar-refractivity contribution in [2.24, 2.45) is 5.92 Å². The lowest BCUT2D eigenvalue weighted by molar-refractivity contribution is -0.126. The van der Waals surface area contributed by atoms with E-state index >= 15 is 0 Å². The molecule has 9 heteroatoms. The van der Waals surface area contributed by atoms with Crippen LogP contribution in [-0.4, -0.2) is 38.3 Å². The molecule has 0 saturated carbocycles. The molecule has 0 aromatic heterocycles. The van der Waals surface area contributed by atoms with E-state index in [2.05, 4.69) is 10.1 Å². The molecule has 0 radical (unpaired) electrons. The highest BCUT2D eigenvalue weighted by atomic mass is 32.2. The molecule has 2 aromatic carbocycles. The van der Waals surface area contributed by atoms with Crippen LogP contribution < -0.4 is 10.1 Å². The quantitative estimate of drug-likeness (QED) is 0.655. The van der Waals surface area contributed by atoms with Crippen LogP contribution >= 0.6 is 0 Å².